The zero-order chi connectivity index (χ0) is 21.0. The van der Waals surface area contributed by atoms with E-state index in [0.29, 0.717) is 29.0 Å². The lowest BCUT2D eigenvalue weighted by atomic mass is 10.1. The van der Waals surface area contributed by atoms with Gasteiger partial charge in [0.15, 0.2) is 0 Å². The van der Waals surface area contributed by atoms with Crippen molar-refractivity contribution in [1.82, 2.24) is 9.78 Å². The van der Waals surface area contributed by atoms with Gasteiger partial charge in [0.2, 0.25) is 5.91 Å². The zero-order valence-corrected chi connectivity index (χ0v) is 16.6. The number of carbonyl (C=O) groups is 2. The Bertz CT molecular complexity index is 1010. The molecule has 7 heteroatoms. The molecule has 0 unspecified atom stereocenters. The van der Waals surface area contributed by atoms with Gasteiger partial charge < -0.3 is 10.6 Å². The van der Waals surface area contributed by atoms with Gasteiger partial charge in [0.25, 0.3) is 5.91 Å². The van der Waals surface area contributed by atoms with Crippen molar-refractivity contribution >= 4 is 23.2 Å². The number of anilines is 2. The van der Waals surface area contributed by atoms with E-state index in [4.69, 9.17) is 0 Å². The molecule has 2 aromatic carbocycles. The number of rotatable bonds is 6. The van der Waals surface area contributed by atoms with Gasteiger partial charge in [0.05, 0.1) is 23.1 Å². The van der Waals surface area contributed by atoms with Crippen molar-refractivity contribution < 1.29 is 14.0 Å². The van der Waals surface area contributed by atoms with Crippen LogP contribution in [0.2, 0.25) is 0 Å². The second-order valence-electron chi connectivity index (χ2n) is 6.92. The number of benzene rings is 2. The van der Waals surface area contributed by atoms with E-state index in [9.17, 15) is 14.0 Å². The molecule has 0 atom stereocenters. The molecule has 0 aliphatic rings. The highest BCUT2D eigenvalue weighted by Gasteiger charge is 2.17. The first-order valence-corrected chi connectivity index (χ1v) is 9.44. The van der Waals surface area contributed by atoms with E-state index in [1.54, 1.807) is 41.1 Å². The molecular formula is C22H23FN4O2. The Labute approximate surface area is 168 Å². The largest absolute Gasteiger partial charge is 0.326 e. The van der Waals surface area contributed by atoms with Crippen molar-refractivity contribution in [2.24, 2.45) is 5.92 Å². The van der Waals surface area contributed by atoms with Crippen LogP contribution in [-0.2, 0) is 11.2 Å². The molecule has 0 spiro atoms. The van der Waals surface area contributed by atoms with Gasteiger partial charge in [0, 0.05) is 17.3 Å². The molecule has 0 saturated heterocycles. The Hall–Kier alpha value is -3.48. The number of carbonyl (C=O) groups excluding carboxylic acids is 2. The Kier molecular flexibility index (Phi) is 6.07. The quantitative estimate of drug-likeness (QED) is 0.650. The predicted octanol–water partition coefficient (Wildman–Crippen LogP) is 4.42. The third kappa shape index (κ3) is 4.68. The Morgan fingerprint density at radius 1 is 1.00 bits per heavy atom. The number of hydrogen-bond acceptors (Lipinski definition) is 3. The van der Waals surface area contributed by atoms with Crippen LogP contribution in [0.3, 0.4) is 0 Å². The molecule has 1 heterocycles. The third-order valence-electron chi connectivity index (χ3n) is 4.45. The van der Waals surface area contributed by atoms with Crippen LogP contribution in [-0.4, -0.2) is 21.6 Å². The highest BCUT2D eigenvalue weighted by Crippen LogP contribution is 2.19. The molecule has 2 amide bonds. The van der Waals surface area contributed by atoms with Crippen molar-refractivity contribution in [3.05, 3.63) is 71.8 Å². The van der Waals surface area contributed by atoms with Crippen LogP contribution in [0.25, 0.3) is 5.69 Å². The van der Waals surface area contributed by atoms with E-state index in [0.717, 1.165) is 5.69 Å². The van der Waals surface area contributed by atoms with E-state index < -0.39 is 0 Å². The van der Waals surface area contributed by atoms with Gasteiger partial charge in [-0.3, -0.25) is 9.59 Å². The van der Waals surface area contributed by atoms with Crippen LogP contribution >= 0.6 is 0 Å². The summed E-state index contributed by atoms with van der Waals surface area (Å²) in [5, 5.41) is 9.95. The first kappa shape index (κ1) is 20.3. The van der Waals surface area contributed by atoms with E-state index in [1.807, 2.05) is 20.8 Å². The molecule has 29 heavy (non-hydrogen) atoms. The van der Waals surface area contributed by atoms with Crippen molar-refractivity contribution in [3.8, 4) is 5.69 Å². The fourth-order valence-electron chi connectivity index (χ4n) is 2.83. The lowest BCUT2D eigenvalue weighted by Gasteiger charge is -2.10. The van der Waals surface area contributed by atoms with E-state index in [1.165, 1.54) is 18.3 Å². The van der Waals surface area contributed by atoms with Gasteiger partial charge in [-0.1, -0.05) is 20.8 Å². The van der Waals surface area contributed by atoms with Gasteiger partial charge in [-0.15, -0.1) is 0 Å². The minimum absolute atomic E-state index is 0.0671. The first-order chi connectivity index (χ1) is 13.9. The number of amides is 2. The standard InChI is InChI=1S/C22H23FN4O2/c1-4-20-19(13-24-27(20)18-11-5-15(23)6-12-18)22(29)26-17-9-7-16(8-10-17)25-21(28)14(2)3/h5-14H,4H2,1-3H3,(H,25,28)(H,26,29). The summed E-state index contributed by atoms with van der Waals surface area (Å²) >= 11 is 0. The number of halogens is 1. The summed E-state index contributed by atoms with van der Waals surface area (Å²) in [6.07, 6.45) is 2.09. The highest BCUT2D eigenvalue weighted by atomic mass is 19.1. The average Bonchev–Trinajstić information content (AvgIpc) is 3.14. The van der Waals surface area contributed by atoms with Crippen LogP contribution in [0.4, 0.5) is 15.8 Å². The highest BCUT2D eigenvalue weighted by molar-refractivity contribution is 6.05. The molecule has 0 radical (unpaired) electrons. The lowest BCUT2D eigenvalue weighted by molar-refractivity contribution is -0.118. The molecule has 2 N–H and O–H groups in total. The Balaban J connectivity index is 1.75. The van der Waals surface area contributed by atoms with Crippen LogP contribution in [0.1, 0.15) is 36.8 Å². The van der Waals surface area contributed by atoms with Crippen LogP contribution < -0.4 is 10.6 Å². The van der Waals surface area contributed by atoms with Crippen molar-refractivity contribution in [3.63, 3.8) is 0 Å². The SMILES string of the molecule is CCc1c(C(=O)Nc2ccc(NC(=O)C(C)C)cc2)cnn1-c1ccc(F)cc1. The summed E-state index contributed by atoms with van der Waals surface area (Å²) in [5.74, 6) is -0.791. The number of hydrogen-bond donors (Lipinski definition) is 2. The Morgan fingerprint density at radius 2 is 1.59 bits per heavy atom. The zero-order valence-electron chi connectivity index (χ0n) is 16.6. The second kappa shape index (κ2) is 8.68. The van der Waals surface area contributed by atoms with Gasteiger partial charge >= 0.3 is 0 Å². The molecule has 0 aliphatic heterocycles. The minimum Gasteiger partial charge on any atom is -0.326 e. The minimum atomic E-state index is -0.329. The van der Waals surface area contributed by atoms with Gasteiger partial charge in [-0.05, 0) is 55.0 Å². The lowest BCUT2D eigenvalue weighted by Crippen LogP contribution is -2.18. The predicted molar refractivity (Wildman–Crippen MR) is 111 cm³/mol. The summed E-state index contributed by atoms with van der Waals surface area (Å²) in [4.78, 5) is 24.5. The first-order valence-electron chi connectivity index (χ1n) is 9.44. The fourth-order valence-corrected chi connectivity index (χ4v) is 2.83. The average molecular weight is 394 g/mol. The van der Waals surface area contributed by atoms with Crippen molar-refractivity contribution in [2.45, 2.75) is 27.2 Å². The maximum Gasteiger partial charge on any atom is 0.259 e. The van der Waals surface area contributed by atoms with E-state index in [-0.39, 0.29) is 23.5 Å². The van der Waals surface area contributed by atoms with Crippen LogP contribution in [0.15, 0.2) is 54.7 Å². The van der Waals surface area contributed by atoms with Gasteiger partial charge in [-0.2, -0.15) is 5.10 Å². The molecule has 150 valence electrons. The molecule has 1 aromatic heterocycles. The van der Waals surface area contributed by atoms with E-state index in [2.05, 4.69) is 15.7 Å². The number of nitrogens with one attached hydrogen (secondary N) is 2. The summed E-state index contributed by atoms with van der Waals surface area (Å²) in [6, 6.07) is 12.9. The maximum atomic E-state index is 13.2. The monoisotopic (exact) mass is 394 g/mol. The molecule has 0 aliphatic carbocycles. The topological polar surface area (TPSA) is 76.0 Å². The van der Waals surface area contributed by atoms with Crippen molar-refractivity contribution in [1.29, 1.82) is 0 Å². The fraction of sp³-hybridized carbons (Fsp3) is 0.227. The summed E-state index contributed by atoms with van der Waals surface area (Å²) < 4.78 is 14.8. The molecule has 3 aromatic rings. The number of nitrogens with zero attached hydrogens (tertiary/aromatic N) is 2. The van der Waals surface area contributed by atoms with Gasteiger partial charge in [0.1, 0.15) is 5.82 Å². The molecular weight excluding hydrogens is 371 g/mol. The van der Waals surface area contributed by atoms with Crippen LogP contribution in [0.5, 0.6) is 0 Å². The summed E-state index contributed by atoms with van der Waals surface area (Å²) in [7, 11) is 0. The number of aromatic nitrogens is 2. The molecule has 3 rings (SSSR count). The van der Waals surface area contributed by atoms with E-state index >= 15 is 0 Å². The summed E-state index contributed by atoms with van der Waals surface area (Å²) in [5.41, 5.74) is 3.14. The van der Waals surface area contributed by atoms with Crippen molar-refractivity contribution in [2.75, 3.05) is 10.6 Å². The third-order valence-corrected chi connectivity index (χ3v) is 4.45. The molecule has 6 nitrogen and oxygen atoms in total. The normalized spacial score (nSPS) is 10.8. The van der Waals surface area contributed by atoms with Gasteiger partial charge in [-0.25, -0.2) is 9.07 Å². The van der Waals surface area contributed by atoms with Crippen LogP contribution in [0, 0.1) is 11.7 Å². The molecule has 0 bridgehead atoms. The second-order valence-corrected chi connectivity index (χ2v) is 6.92. The Morgan fingerprint density at radius 3 is 2.14 bits per heavy atom. The maximum absolute atomic E-state index is 13.2. The molecule has 0 fully saturated rings. The molecule has 0 saturated carbocycles. The summed E-state index contributed by atoms with van der Waals surface area (Å²) in [6.45, 7) is 5.57. The smallest absolute Gasteiger partial charge is 0.259 e.